The van der Waals surface area contributed by atoms with Crippen molar-refractivity contribution in [1.82, 2.24) is 9.55 Å². The molecule has 2 N–H and O–H groups in total. The number of hydrogen-bond donors (Lipinski definition) is 2. The molecule has 6 nitrogen and oxygen atoms in total. The van der Waals surface area contributed by atoms with Gasteiger partial charge >= 0.3 is 5.69 Å². The number of aromatic amines is 1. The third-order valence-corrected chi connectivity index (χ3v) is 4.33. The van der Waals surface area contributed by atoms with Crippen molar-refractivity contribution in [3.63, 3.8) is 0 Å². The smallest absolute Gasteiger partial charge is 0.325 e. The summed E-state index contributed by atoms with van der Waals surface area (Å²) in [5, 5.41) is 2.88. The number of imidazole rings is 1. The molecule has 0 unspecified atom stereocenters. The fraction of sp³-hybridized carbons (Fsp3) is 0.444. The number of aromatic nitrogens is 2. The van der Waals surface area contributed by atoms with Gasteiger partial charge < -0.3 is 15.2 Å². The van der Waals surface area contributed by atoms with Crippen molar-refractivity contribution in [1.29, 1.82) is 0 Å². The summed E-state index contributed by atoms with van der Waals surface area (Å²) in [6.07, 6.45) is 0.260. The van der Waals surface area contributed by atoms with Crippen LogP contribution in [0.4, 0.5) is 11.4 Å². The molecule has 24 heavy (non-hydrogen) atoms. The van der Waals surface area contributed by atoms with E-state index >= 15 is 0 Å². The van der Waals surface area contributed by atoms with Crippen LogP contribution >= 0.6 is 0 Å². The Morgan fingerprint density at radius 1 is 1.17 bits per heavy atom. The van der Waals surface area contributed by atoms with Crippen molar-refractivity contribution in [3.05, 3.63) is 46.1 Å². The molecule has 0 aliphatic carbocycles. The van der Waals surface area contributed by atoms with Gasteiger partial charge in [-0.05, 0) is 52.0 Å². The Hall–Kier alpha value is -2.50. The van der Waals surface area contributed by atoms with Crippen LogP contribution in [-0.2, 0) is 11.3 Å². The molecule has 6 heteroatoms. The Labute approximate surface area is 142 Å². The second-order valence-corrected chi connectivity index (χ2v) is 5.81. The largest absolute Gasteiger partial charge is 0.372 e. The van der Waals surface area contributed by atoms with Gasteiger partial charge in [0.15, 0.2) is 0 Å². The number of H-pyrrole nitrogens is 1. The van der Waals surface area contributed by atoms with Crippen LogP contribution in [0.5, 0.6) is 0 Å². The summed E-state index contributed by atoms with van der Waals surface area (Å²) in [6.45, 7) is 10.2. The number of aryl methyl sites for hydroxylation is 1. The molecule has 1 aromatic carbocycles. The second-order valence-electron chi connectivity index (χ2n) is 5.81. The summed E-state index contributed by atoms with van der Waals surface area (Å²) in [7, 11) is 0. The summed E-state index contributed by atoms with van der Waals surface area (Å²) in [6, 6.07) is 7.83. The summed E-state index contributed by atoms with van der Waals surface area (Å²) >= 11 is 0. The summed E-state index contributed by atoms with van der Waals surface area (Å²) in [5.74, 6) is -0.101. The third kappa shape index (κ3) is 4.07. The highest BCUT2D eigenvalue weighted by molar-refractivity contribution is 5.90. The third-order valence-electron chi connectivity index (χ3n) is 4.33. The number of amides is 1. The fourth-order valence-corrected chi connectivity index (χ4v) is 2.72. The summed E-state index contributed by atoms with van der Waals surface area (Å²) in [5.41, 5.74) is 3.46. The average Bonchev–Trinajstić information content (AvgIpc) is 2.81. The van der Waals surface area contributed by atoms with Gasteiger partial charge in [0, 0.05) is 48.8 Å². The lowest BCUT2D eigenvalue weighted by molar-refractivity contribution is -0.116. The molecule has 1 amide bonds. The zero-order valence-corrected chi connectivity index (χ0v) is 14.8. The first-order chi connectivity index (χ1) is 11.5. The Morgan fingerprint density at radius 3 is 2.29 bits per heavy atom. The number of nitrogens with one attached hydrogen (secondary N) is 2. The van der Waals surface area contributed by atoms with E-state index in [1.165, 1.54) is 0 Å². The molecule has 0 bridgehead atoms. The molecular formula is C18H26N4O2. The second kappa shape index (κ2) is 7.86. The Balaban J connectivity index is 1.94. The van der Waals surface area contributed by atoms with E-state index in [0.717, 1.165) is 35.9 Å². The lowest BCUT2D eigenvalue weighted by Gasteiger charge is -2.21. The molecule has 0 atom stereocenters. The van der Waals surface area contributed by atoms with Gasteiger partial charge in [-0.3, -0.25) is 9.36 Å². The lowest BCUT2D eigenvalue weighted by Crippen LogP contribution is -2.22. The van der Waals surface area contributed by atoms with Gasteiger partial charge in [-0.2, -0.15) is 0 Å². The van der Waals surface area contributed by atoms with Gasteiger partial charge in [0.1, 0.15) is 0 Å². The van der Waals surface area contributed by atoms with Crippen molar-refractivity contribution in [2.24, 2.45) is 0 Å². The van der Waals surface area contributed by atoms with Crippen LogP contribution in [0.3, 0.4) is 0 Å². The van der Waals surface area contributed by atoms with E-state index in [1.807, 2.05) is 38.1 Å². The van der Waals surface area contributed by atoms with Gasteiger partial charge in [-0.1, -0.05) is 0 Å². The van der Waals surface area contributed by atoms with E-state index in [0.29, 0.717) is 6.54 Å². The maximum absolute atomic E-state index is 12.1. The van der Waals surface area contributed by atoms with Gasteiger partial charge in [-0.25, -0.2) is 4.79 Å². The highest BCUT2D eigenvalue weighted by atomic mass is 16.2. The number of hydrogen-bond acceptors (Lipinski definition) is 3. The minimum Gasteiger partial charge on any atom is -0.372 e. The number of carbonyl (C=O) groups excluding carboxylic acids is 1. The van der Waals surface area contributed by atoms with Crippen molar-refractivity contribution in [3.8, 4) is 0 Å². The van der Waals surface area contributed by atoms with Crippen LogP contribution in [-0.4, -0.2) is 28.5 Å². The molecule has 0 aliphatic rings. The molecule has 1 aromatic heterocycles. The normalized spacial score (nSPS) is 10.7. The monoisotopic (exact) mass is 330 g/mol. The zero-order valence-electron chi connectivity index (χ0n) is 14.8. The SMILES string of the molecule is CCN(CC)c1ccc(NC(=O)CCn2c(C)c(C)[nH]c2=O)cc1. The topological polar surface area (TPSA) is 70.1 Å². The van der Waals surface area contributed by atoms with Gasteiger partial charge in [0.2, 0.25) is 5.91 Å². The van der Waals surface area contributed by atoms with Crippen LogP contribution in [0, 0.1) is 13.8 Å². The molecule has 0 fully saturated rings. The van der Waals surface area contributed by atoms with Crippen LogP contribution in [0.1, 0.15) is 31.7 Å². The molecule has 0 saturated heterocycles. The minimum atomic E-state index is -0.165. The van der Waals surface area contributed by atoms with Gasteiger partial charge in [0.25, 0.3) is 0 Å². The predicted molar refractivity (Wildman–Crippen MR) is 97.8 cm³/mol. The van der Waals surface area contributed by atoms with E-state index in [-0.39, 0.29) is 18.0 Å². The number of rotatable bonds is 7. The summed E-state index contributed by atoms with van der Waals surface area (Å²) in [4.78, 5) is 28.9. The van der Waals surface area contributed by atoms with Crippen molar-refractivity contribution in [2.45, 2.75) is 40.7 Å². The summed E-state index contributed by atoms with van der Waals surface area (Å²) < 4.78 is 1.60. The molecule has 2 rings (SSSR count). The zero-order chi connectivity index (χ0) is 17.7. The number of nitrogens with zero attached hydrogens (tertiary/aromatic N) is 2. The number of carbonyl (C=O) groups is 1. The number of benzene rings is 1. The molecule has 0 saturated carbocycles. The standard InChI is InChI=1S/C18H26N4O2/c1-5-21(6-2)16-9-7-15(8-10-16)20-17(23)11-12-22-14(4)13(3)19-18(22)24/h7-10H,5-6,11-12H2,1-4H3,(H,19,24)(H,20,23). The molecule has 0 aliphatic heterocycles. The molecule has 130 valence electrons. The minimum absolute atomic E-state index is 0.101. The molecule has 1 heterocycles. The van der Waals surface area contributed by atoms with Crippen LogP contribution in [0.2, 0.25) is 0 Å². The maximum atomic E-state index is 12.1. The molecule has 0 radical (unpaired) electrons. The molecule has 2 aromatic rings. The number of anilines is 2. The molecule has 0 spiro atoms. The van der Waals surface area contributed by atoms with E-state index in [9.17, 15) is 9.59 Å². The van der Waals surface area contributed by atoms with E-state index in [1.54, 1.807) is 4.57 Å². The van der Waals surface area contributed by atoms with Crippen LogP contribution in [0.25, 0.3) is 0 Å². The quantitative estimate of drug-likeness (QED) is 0.820. The van der Waals surface area contributed by atoms with Gasteiger partial charge in [-0.15, -0.1) is 0 Å². The van der Waals surface area contributed by atoms with Crippen LogP contribution in [0.15, 0.2) is 29.1 Å². The predicted octanol–water partition coefficient (Wildman–Crippen LogP) is 2.67. The van der Waals surface area contributed by atoms with Gasteiger partial charge in [0.05, 0.1) is 0 Å². The van der Waals surface area contributed by atoms with E-state index in [4.69, 9.17) is 0 Å². The highest BCUT2D eigenvalue weighted by Gasteiger charge is 2.09. The Kier molecular flexibility index (Phi) is 5.84. The highest BCUT2D eigenvalue weighted by Crippen LogP contribution is 2.17. The Bertz CT molecular complexity index is 739. The van der Waals surface area contributed by atoms with Crippen molar-refractivity contribution >= 4 is 17.3 Å². The maximum Gasteiger partial charge on any atom is 0.325 e. The van der Waals surface area contributed by atoms with E-state index in [2.05, 4.69) is 29.0 Å². The first-order valence-electron chi connectivity index (χ1n) is 8.37. The van der Waals surface area contributed by atoms with Crippen molar-refractivity contribution < 1.29 is 4.79 Å². The van der Waals surface area contributed by atoms with Crippen molar-refractivity contribution in [2.75, 3.05) is 23.3 Å². The first kappa shape index (κ1) is 17.8. The van der Waals surface area contributed by atoms with E-state index < -0.39 is 0 Å². The average molecular weight is 330 g/mol. The van der Waals surface area contributed by atoms with Crippen LogP contribution < -0.4 is 15.9 Å². The Morgan fingerprint density at radius 2 is 1.79 bits per heavy atom. The fourth-order valence-electron chi connectivity index (χ4n) is 2.72. The lowest BCUT2D eigenvalue weighted by atomic mass is 10.2. The molecular weight excluding hydrogens is 304 g/mol. The first-order valence-corrected chi connectivity index (χ1v) is 8.37.